The molecule has 0 aliphatic carbocycles. The second-order valence-corrected chi connectivity index (χ2v) is 4.65. The fourth-order valence-corrected chi connectivity index (χ4v) is 1.88. The molecule has 0 spiro atoms. The van der Waals surface area contributed by atoms with Gasteiger partial charge in [-0.05, 0) is 36.8 Å². The Kier molecular flexibility index (Phi) is 4.04. The van der Waals surface area contributed by atoms with E-state index >= 15 is 0 Å². The van der Waals surface area contributed by atoms with Gasteiger partial charge in [0.05, 0.1) is 10.7 Å². The van der Waals surface area contributed by atoms with Crippen molar-refractivity contribution in [3.8, 4) is 0 Å². The molecule has 0 radical (unpaired) electrons. The van der Waals surface area contributed by atoms with Gasteiger partial charge in [-0.15, -0.1) is 0 Å². The molecule has 0 saturated heterocycles. The molecule has 18 heavy (non-hydrogen) atoms. The molecule has 0 amide bonds. The molecule has 0 fully saturated rings. The lowest BCUT2D eigenvalue weighted by Crippen LogP contribution is -2.07. The van der Waals surface area contributed by atoms with Crippen LogP contribution in [0.2, 0.25) is 10.2 Å². The highest BCUT2D eigenvalue weighted by Crippen LogP contribution is 2.26. The topological polar surface area (TPSA) is 24.9 Å². The van der Waals surface area contributed by atoms with Crippen LogP contribution >= 0.6 is 23.2 Å². The van der Waals surface area contributed by atoms with E-state index in [4.69, 9.17) is 23.2 Å². The van der Waals surface area contributed by atoms with Crippen LogP contribution in [0.4, 0.5) is 10.1 Å². The summed E-state index contributed by atoms with van der Waals surface area (Å²) >= 11 is 11.6. The van der Waals surface area contributed by atoms with Crippen molar-refractivity contribution < 1.29 is 4.39 Å². The third-order valence-corrected chi connectivity index (χ3v) is 3.18. The number of nitrogens with zero attached hydrogens (tertiary/aromatic N) is 1. The first-order valence-corrected chi connectivity index (χ1v) is 6.15. The zero-order valence-electron chi connectivity index (χ0n) is 9.62. The number of hydrogen-bond donors (Lipinski definition) is 1. The summed E-state index contributed by atoms with van der Waals surface area (Å²) in [5.41, 5.74) is 1.50. The maximum atomic E-state index is 13.4. The minimum atomic E-state index is -0.430. The van der Waals surface area contributed by atoms with Crippen molar-refractivity contribution in [2.24, 2.45) is 0 Å². The fourth-order valence-electron chi connectivity index (χ4n) is 1.59. The van der Waals surface area contributed by atoms with Crippen molar-refractivity contribution >= 4 is 28.9 Å². The van der Waals surface area contributed by atoms with E-state index in [9.17, 15) is 4.39 Å². The Labute approximate surface area is 115 Å². The lowest BCUT2D eigenvalue weighted by atomic mass is 10.1. The van der Waals surface area contributed by atoms with Crippen LogP contribution in [0.25, 0.3) is 0 Å². The first kappa shape index (κ1) is 13.1. The maximum Gasteiger partial charge on any atom is 0.152 e. The Bertz CT molecular complexity index is 560. The normalized spacial score (nSPS) is 12.2. The van der Waals surface area contributed by atoms with Crippen molar-refractivity contribution in [3.63, 3.8) is 0 Å². The molecule has 1 atom stereocenters. The Morgan fingerprint density at radius 1 is 1.28 bits per heavy atom. The summed E-state index contributed by atoms with van der Waals surface area (Å²) in [6.07, 6.45) is 1.61. The number of pyridine rings is 1. The predicted molar refractivity (Wildman–Crippen MR) is 72.7 cm³/mol. The molecule has 2 nitrogen and oxygen atoms in total. The minimum absolute atomic E-state index is 0.0986. The van der Waals surface area contributed by atoms with Crippen LogP contribution in [-0.2, 0) is 0 Å². The van der Waals surface area contributed by atoms with E-state index in [-0.39, 0.29) is 11.1 Å². The van der Waals surface area contributed by atoms with E-state index in [0.29, 0.717) is 10.8 Å². The van der Waals surface area contributed by atoms with Gasteiger partial charge >= 0.3 is 0 Å². The second-order valence-electron chi connectivity index (χ2n) is 3.88. The largest absolute Gasteiger partial charge is 0.376 e. The van der Waals surface area contributed by atoms with E-state index in [1.807, 2.05) is 13.0 Å². The molecule has 1 unspecified atom stereocenters. The number of nitrogens with one attached hydrogen (secondary N) is 1. The number of anilines is 1. The number of benzene rings is 1. The molecule has 0 aliphatic heterocycles. The molecule has 0 saturated carbocycles. The molecule has 0 aliphatic rings. The summed E-state index contributed by atoms with van der Waals surface area (Å²) in [5.74, 6) is -0.430. The van der Waals surface area contributed by atoms with Crippen molar-refractivity contribution in [1.82, 2.24) is 4.98 Å². The molecule has 2 aromatic rings. The molecule has 2 rings (SSSR count). The van der Waals surface area contributed by atoms with E-state index in [1.165, 1.54) is 12.1 Å². The Morgan fingerprint density at radius 2 is 2.06 bits per heavy atom. The molecular formula is C13H11Cl2FN2. The van der Waals surface area contributed by atoms with Gasteiger partial charge in [0, 0.05) is 12.2 Å². The number of halogens is 3. The number of aromatic nitrogens is 1. The minimum Gasteiger partial charge on any atom is -0.376 e. The third kappa shape index (κ3) is 2.92. The smallest absolute Gasteiger partial charge is 0.152 e. The van der Waals surface area contributed by atoms with Crippen LogP contribution in [0.15, 0.2) is 36.5 Å². The molecular weight excluding hydrogens is 274 g/mol. The first-order valence-electron chi connectivity index (χ1n) is 5.40. The summed E-state index contributed by atoms with van der Waals surface area (Å²) in [7, 11) is 0. The van der Waals surface area contributed by atoms with E-state index in [0.717, 1.165) is 5.56 Å². The van der Waals surface area contributed by atoms with Crippen LogP contribution in [0, 0.1) is 5.82 Å². The van der Waals surface area contributed by atoms with Gasteiger partial charge < -0.3 is 5.32 Å². The van der Waals surface area contributed by atoms with Crippen molar-refractivity contribution in [3.05, 3.63) is 58.1 Å². The first-order chi connectivity index (χ1) is 8.58. The molecule has 1 heterocycles. The predicted octanol–water partition coefficient (Wildman–Crippen LogP) is 4.70. The van der Waals surface area contributed by atoms with Crippen molar-refractivity contribution in [2.45, 2.75) is 13.0 Å². The number of rotatable bonds is 3. The van der Waals surface area contributed by atoms with Gasteiger partial charge in [-0.2, -0.15) is 0 Å². The molecule has 94 valence electrons. The zero-order valence-corrected chi connectivity index (χ0v) is 11.1. The fraction of sp³-hybridized carbons (Fsp3) is 0.154. The average molecular weight is 285 g/mol. The van der Waals surface area contributed by atoms with E-state index in [1.54, 1.807) is 18.3 Å². The highest BCUT2D eigenvalue weighted by Gasteiger charge is 2.10. The highest BCUT2D eigenvalue weighted by atomic mass is 35.5. The van der Waals surface area contributed by atoms with Crippen LogP contribution in [0.3, 0.4) is 0 Å². The quantitative estimate of drug-likeness (QED) is 0.827. The SMILES string of the molecule is CC(Nc1cccnc1Cl)c1ccc(Cl)c(F)c1. The lowest BCUT2D eigenvalue weighted by molar-refractivity contribution is 0.624. The Morgan fingerprint density at radius 3 is 2.72 bits per heavy atom. The van der Waals surface area contributed by atoms with Gasteiger partial charge in [0.2, 0.25) is 0 Å². The number of hydrogen-bond acceptors (Lipinski definition) is 2. The zero-order chi connectivity index (χ0) is 13.1. The van der Waals surface area contributed by atoms with Gasteiger partial charge in [-0.25, -0.2) is 9.37 Å². The van der Waals surface area contributed by atoms with Gasteiger partial charge in [-0.3, -0.25) is 0 Å². The Hall–Kier alpha value is -1.32. The van der Waals surface area contributed by atoms with Crippen molar-refractivity contribution in [2.75, 3.05) is 5.32 Å². The summed E-state index contributed by atoms with van der Waals surface area (Å²) in [6.45, 7) is 1.91. The summed E-state index contributed by atoms with van der Waals surface area (Å²) in [5, 5.41) is 3.67. The van der Waals surface area contributed by atoms with Gasteiger partial charge in [0.1, 0.15) is 5.82 Å². The van der Waals surface area contributed by atoms with E-state index < -0.39 is 5.82 Å². The monoisotopic (exact) mass is 284 g/mol. The highest BCUT2D eigenvalue weighted by molar-refractivity contribution is 6.32. The Balaban J connectivity index is 2.19. The standard InChI is InChI=1S/C13H11Cl2FN2/c1-8(9-4-5-10(14)11(16)7-9)18-12-3-2-6-17-13(12)15/h2-8,18H,1H3. The maximum absolute atomic E-state index is 13.4. The summed E-state index contributed by atoms with van der Waals surface area (Å²) in [4.78, 5) is 3.97. The summed E-state index contributed by atoms with van der Waals surface area (Å²) < 4.78 is 13.4. The van der Waals surface area contributed by atoms with Crippen molar-refractivity contribution in [1.29, 1.82) is 0 Å². The van der Waals surface area contributed by atoms with Crippen LogP contribution < -0.4 is 5.32 Å². The van der Waals surface area contributed by atoms with Crippen LogP contribution in [-0.4, -0.2) is 4.98 Å². The van der Waals surface area contributed by atoms with Crippen LogP contribution in [0.5, 0.6) is 0 Å². The second kappa shape index (κ2) is 5.55. The van der Waals surface area contributed by atoms with Gasteiger partial charge in [0.25, 0.3) is 0 Å². The lowest BCUT2D eigenvalue weighted by Gasteiger charge is -2.16. The van der Waals surface area contributed by atoms with Crippen LogP contribution in [0.1, 0.15) is 18.5 Å². The molecule has 0 bridgehead atoms. The molecule has 1 aromatic heterocycles. The molecule has 1 N–H and O–H groups in total. The molecule has 1 aromatic carbocycles. The van der Waals surface area contributed by atoms with Gasteiger partial charge in [0.15, 0.2) is 5.15 Å². The molecule has 5 heteroatoms. The summed E-state index contributed by atoms with van der Waals surface area (Å²) in [6, 6.07) is 8.22. The van der Waals surface area contributed by atoms with Gasteiger partial charge in [-0.1, -0.05) is 29.3 Å². The average Bonchev–Trinajstić information content (AvgIpc) is 2.35. The third-order valence-electron chi connectivity index (χ3n) is 2.57. The van der Waals surface area contributed by atoms with E-state index in [2.05, 4.69) is 10.3 Å².